The van der Waals surface area contributed by atoms with Crippen molar-refractivity contribution in [3.63, 3.8) is 0 Å². The van der Waals surface area contributed by atoms with Crippen LogP contribution in [0.3, 0.4) is 0 Å². The smallest absolute Gasteiger partial charge is 0.404 e. The monoisotopic (exact) mass is 164 g/mol. The van der Waals surface area contributed by atoms with Crippen LogP contribution in [-0.4, -0.2) is 29.4 Å². The summed E-state index contributed by atoms with van der Waals surface area (Å²) in [7, 11) is 0. The normalized spacial score (nSPS) is 8.73. The van der Waals surface area contributed by atoms with Crippen LogP contribution in [0.2, 0.25) is 0 Å². The summed E-state index contributed by atoms with van der Waals surface area (Å²) in [4.78, 5) is 23.3. The first kappa shape index (κ1) is 9.47. The van der Waals surface area contributed by atoms with E-state index in [0.29, 0.717) is 0 Å². The molecule has 64 valence electrons. The Labute approximate surface area is 62.1 Å². The Morgan fingerprint density at radius 2 is 2.36 bits per heavy atom. The number of nitrogens with zero attached hydrogens (tertiary/aromatic N) is 1. The molecule has 0 aliphatic carbocycles. The summed E-state index contributed by atoms with van der Waals surface area (Å²) >= 11 is 0. The Morgan fingerprint density at radius 3 is 2.82 bits per heavy atom. The Kier molecular flexibility index (Phi) is 4.54. The fourth-order valence-corrected chi connectivity index (χ4v) is 0.407. The van der Waals surface area contributed by atoms with Crippen LogP contribution in [0, 0.1) is 10.1 Å². The Balaban J connectivity index is 3.03. The summed E-state index contributed by atoms with van der Waals surface area (Å²) in [5.41, 5.74) is 0. The molecule has 0 spiro atoms. The zero-order valence-electron chi connectivity index (χ0n) is 5.65. The van der Waals surface area contributed by atoms with E-state index in [-0.39, 0.29) is 19.6 Å². The van der Waals surface area contributed by atoms with Crippen LogP contribution in [-0.2, 0) is 4.84 Å². The highest BCUT2D eigenvalue weighted by molar-refractivity contribution is 5.64. The zero-order valence-corrected chi connectivity index (χ0v) is 5.65. The first-order chi connectivity index (χ1) is 5.13. The number of hydrogen-bond donors (Lipinski definition) is 2. The van der Waals surface area contributed by atoms with E-state index < -0.39 is 11.2 Å². The molecule has 1 amide bonds. The van der Waals surface area contributed by atoms with Gasteiger partial charge in [-0.25, -0.2) is 4.79 Å². The molecule has 7 nitrogen and oxygen atoms in total. The van der Waals surface area contributed by atoms with Crippen LogP contribution in [0.1, 0.15) is 6.42 Å². The second-order valence-electron chi connectivity index (χ2n) is 1.64. The molecule has 0 rings (SSSR count). The van der Waals surface area contributed by atoms with E-state index in [4.69, 9.17) is 5.11 Å². The SMILES string of the molecule is O=C(O)NCCCO[N+](=O)[O-]. The van der Waals surface area contributed by atoms with Crippen LogP contribution in [0.4, 0.5) is 4.79 Å². The van der Waals surface area contributed by atoms with E-state index in [0.717, 1.165) is 0 Å². The molecule has 0 atom stereocenters. The van der Waals surface area contributed by atoms with E-state index in [1.54, 1.807) is 0 Å². The maximum atomic E-state index is 9.81. The topological polar surface area (TPSA) is 102 Å². The van der Waals surface area contributed by atoms with Crippen molar-refractivity contribution in [2.75, 3.05) is 13.2 Å². The predicted octanol–water partition coefficient (Wildman–Crippen LogP) is -0.148. The molecule has 0 fully saturated rings. The number of carbonyl (C=O) groups is 1. The van der Waals surface area contributed by atoms with Crippen molar-refractivity contribution in [1.82, 2.24) is 5.32 Å². The number of nitrogens with one attached hydrogen (secondary N) is 1. The summed E-state index contributed by atoms with van der Waals surface area (Å²) < 4.78 is 0. The van der Waals surface area contributed by atoms with Gasteiger partial charge in [0.15, 0.2) is 0 Å². The molecule has 11 heavy (non-hydrogen) atoms. The summed E-state index contributed by atoms with van der Waals surface area (Å²) in [6.07, 6.45) is -0.862. The van der Waals surface area contributed by atoms with Crippen molar-refractivity contribution >= 4 is 6.09 Å². The van der Waals surface area contributed by atoms with Crippen molar-refractivity contribution < 1.29 is 19.8 Å². The van der Waals surface area contributed by atoms with Crippen molar-refractivity contribution in [1.29, 1.82) is 0 Å². The molecule has 0 aromatic heterocycles. The summed E-state index contributed by atoms with van der Waals surface area (Å²) in [5.74, 6) is 0. The molecule has 0 saturated carbocycles. The molecule has 7 heteroatoms. The van der Waals surface area contributed by atoms with Crippen LogP contribution >= 0.6 is 0 Å². The average molecular weight is 164 g/mol. The van der Waals surface area contributed by atoms with Gasteiger partial charge in [0.25, 0.3) is 5.09 Å². The fraction of sp³-hybridized carbons (Fsp3) is 0.750. The molecule has 0 heterocycles. The Hall–Kier alpha value is -1.53. The lowest BCUT2D eigenvalue weighted by molar-refractivity contribution is -0.757. The number of rotatable bonds is 5. The van der Waals surface area contributed by atoms with Crippen molar-refractivity contribution in [2.24, 2.45) is 0 Å². The van der Waals surface area contributed by atoms with Crippen LogP contribution in [0.5, 0.6) is 0 Å². The third kappa shape index (κ3) is 8.47. The molecule has 0 aromatic rings. The van der Waals surface area contributed by atoms with Gasteiger partial charge in [0.2, 0.25) is 0 Å². The van der Waals surface area contributed by atoms with Gasteiger partial charge in [0.1, 0.15) is 0 Å². The van der Waals surface area contributed by atoms with Gasteiger partial charge < -0.3 is 15.3 Å². The van der Waals surface area contributed by atoms with E-state index in [1.807, 2.05) is 5.32 Å². The number of amides is 1. The fourth-order valence-electron chi connectivity index (χ4n) is 0.407. The third-order valence-corrected chi connectivity index (χ3v) is 0.794. The van der Waals surface area contributed by atoms with Crippen molar-refractivity contribution in [3.05, 3.63) is 10.1 Å². The molecule has 0 radical (unpaired) electrons. The number of carboxylic acid groups (broad SMARTS) is 1. The van der Waals surface area contributed by atoms with Gasteiger partial charge >= 0.3 is 6.09 Å². The van der Waals surface area contributed by atoms with Crippen molar-refractivity contribution in [3.8, 4) is 0 Å². The highest BCUT2D eigenvalue weighted by Gasteiger charge is 1.95. The van der Waals surface area contributed by atoms with Crippen LogP contribution in [0.15, 0.2) is 0 Å². The first-order valence-corrected chi connectivity index (χ1v) is 2.87. The summed E-state index contributed by atoms with van der Waals surface area (Å²) in [6.45, 7) is 0.0659. The Morgan fingerprint density at radius 1 is 1.73 bits per heavy atom. The maximum absolute atomic E-state index is 9.81. The minimum atomic E-state index is -1.15. The van der Waals surface area contributed by atoms with Gasteiger partial charge in [-0.05, 0) is 6.42 Å². The lowest BCUT2D eigenvalue weighted by Crippen LogP contribution is -2.23. The quantitative estimate of drug-likeness (QED) is 0.334. The molecule has 0 aromatic carbocycles. The van der Waals surface area contributed by atoms with E-state index in [1.165, 1.54) is 0 Å². The lowest BCUT2D eigenvalue weighted by Gasteiger charge is -1.98. The second-order valence-corrected chi connectivity index (χ2v) is 1.64. The van der Waals surface area contributed by atoms with Gasteiger partial charge in [-0.1, -0.05) is 0 Å². The standard InChI is InChI=1S/C4H8N2O5/c7-4(8)5-2-1-3-11-6(9)10/h5H,1-3H2,(H,7,8). The van der Waals surface area contributed by atoms with Crippen molar-refractivity contribution in [2.45, 2.75) is 6.42 Å². The molecule has 0 saturated heterocycles. The summed E-state index contributed by atoms with van der Waals surface area (Å²) in [5, 5.41) is 18.7. The molecule has 0 unspecified atom stereocenters. The van der Waals surface area contributed by atoms with Gasteiger partial charge in [-0.3, -0.25) is 0 Å². The molecule has 0 aliphatic rings. The van der Waals surface area contributed by atoms with Gasteiger partial charge in [0, 0.05) is 6.54 Å². The minimum absolute atomic E-state index is 0.0900. The summed E-state index contributed by atoms with van der Waals surface area (Å²) in [6, 6.07) is 0. The second kappa shape index (κ2) is 5.27. The first-order valence-electron chi connectivity index (χ1n) is 2.87. The molecule has 2 N–H and O–H groups in total. The molecule has 0 aliphatic heterocycles. The van der Waals surface area contributed by atoms with E-state index in [2.05, 4.69) is 4.84 Å². The maximum Gasteiger partial charge on any atom is 0.404 e. The molecular weight excluding hydrogens is 156 g/mol. The van der Waals surface area contributed by atoms with Gasteiger partial charge in [-0.2, -0.15) is 0 Å². The highest BCUT2D eigenvalue weighted by atomic mass is 16.9. The lowest BCUT2D eigenvalue weighted by atomic mass is 10.5. The minimum Gasteiger partial charge on any atom is -0.465 e. The Bertz CT molecular complexity index is 131. The van der Waals surface area contributed by atoms with Gasteiger partial charge in [-0.15, -0.1) is 10.1 Å². The van der Waals surface area contributed by atoms with Crippen LogP contribution in [0.25, 0.3) is 0 Å². The molecule has 0 bridgehead atoms. The predicted molar refractivity (Wildman–Crippen MR) is 33.6 cm³/mol. The number of hydrogen-bond acceptors (Lipinski definition) is 4. The largest absolute Gasteiger partial charge is 0.465 e. The van der Waals surface area contributed by atoms with E-state index in [9.17, 15) is 14.9 Å². The molecular formula is C4H8N2O5. The van der Waals surface area contributed by atoms with Gasteiger partial charge in [0.05, 0.1) is 6.61 Å². The third-order valence-electron chi connectivity index (χ3n) is 0.794. The van der Waals surface area contributed by atoms with E-state index >= 15 is 0 Å². The highest BCUT2D eigenvalue weighted by Crippen LogP contribution is 1.80. The van der Waals surface area contributed by atoms with Crippen LogP contribution < -0.4 is 5.32 Å². The average Bonchev–Trinajstić information content (AvgIpc) is 1.85. The zero-order chi connectivity index (χ0) is 8.69.